The number of carbonyl (C=O) groups excluding carboxylic acids is 1. The van der Waals surface area contributed by atoms with E-state index in [-0.39, 0.29) is 11.5 Å². The lowest BCUT2D eigenvalue weighted by atomic mass is 10.0. The fourth-order valence-electron chi connectivity index (χ4n) is 2.66. The van der Waals surface area contributed by atoms with Gasteiger partial charge >= 0.3 is 5.97 Å². The van der Waals surface area contributed by atoms with Crippen LogP contribution in [-0.4, -0.2) is 23.0 Å². The molecule has 1 aromatic carbocycles. The van der Waals surface area contributed by atoms with Crippen LogP contribution in [0.3, 0.4) is 0 Å². The highest BCUT2D eigenvalue weighted by atomic mass is 16.5. The molecule has 0 spiro atoms. The van der Waals surface area contributed by atoms with Gasteiger partial charge in [-0.2, -0.15) is 0 Å². The fourth-order valence-corrected chi connectivity index (χ4v) is 2.66. The zero-order valence-electron chi connectivity index (χ0n) is 14.5. The van der Waals surface area contributed by atoms with Gasteiger partial charge < -0.3 is 9.72 Å². The first-order valence-electron chi connectivity index (χ1n) is 8.37. The summed E-state index contributed by atoms with van der Waals surface area (Å²) in [5, 5.41) is 0. The van der Waals surface area contributed by atoms with Crippen molar-refractivity contribution in [1.29, 1.82) is 0 Å². The fraction of sp³-hybridized carbons (Fsp3) is 0.421. The van der Waals surface area contributed by atoms with E-state index in [0.29, 0.717) is 24.0 Å². The van der Waals surface area contributed by atoms with Crippen LogP contribution in [0.15, 0.2) is 29.1 Å². The van der Waals surface area contributed by atoms with E-state index in [9.17, 15) is 9.59 Å². The van der Waals surface area contributed by atoms with E-state index in [1.54, 1.807) is 18.2 Å². The number of hydrogen-bond donors (Lipinski definition) is 1. The Labute approximate surface area is 142 Å². The third-order valence-electron chi connectivity index (χ3n) is 3.98. The summed E-state index contributed by atoms with van der Waals surface area (Å²) >= 11 is 0. The van der Waals surface area contributed by atoms with Crippen molar-refractivity contribution in [3.8, 4) is 0 Å². The van der Waals surface area contributed by atoms with Gasteiger partial charge in [-0.3, -0.25) is 4.79 Å². The third kappa shape index (κ3) is 4.31. The van der Waals surface area contributed by atoms with Crippen LogP contribution in [0.2, 0.25) is 0 Å². The van der Waals surface area contributed by atoms with Gasteiger partial charge in [0.05, 0.1) is 18.4 Å². The van der Waals surface area contributed by atoms with Gasteiger partial charge in [0, 0.05) is 18.4 Å². The Kier molecular flexibility index (Phi) is 6.29. The second kappa shape index (κ2) is 8.43. The van der Waals surface area contributed by atoms with E-state index >= 15 is 0 Å². The molecule has 0 atom stereocenters. The molecule has 128 valence electrons. The van der Waals surface area contributed by atoms with E-state index in [4.69, 9.17) is 4.74 Å². The maximum absolute atomic E-state index is 12.5. The molecule has 0 fully saturated rings. The minimum Gasteiger partial charge on any atom is -0.465 e. The Morgan fingerprint density at radius 1 is 1.29 bits per heavy atom. The summed E-state index contributed by atoms with van der Waals surface area (Å²) in [5.41, 5.74) is 2.78. The summed E-state index contributed by atoms with van der Waals surface area (Å²) < 4.78 is 4.74. The Hall–Kier alpha value is -2.43. The number of methoxy groups -OCH3 is 1. The van der Waals surface area contributed by atoms with Crippen molar-refractivity contribution in [3.63, 3.8) is 0 Å². The lowest BCUT2D eigenvalue weighted by Crippen LogP contribution is -2.20. The highest BCUT2D eigenvalue weighted by molar-refractivity contribution is 5.89. The number of H-pyrrole nitrogens is 1. The quantitative estimate of drug-likeness (QED) is 0.793. The SMILES string of the molecule is CCCCc1nc(CC)c(Cc2cccc(C(=O)OC)c2)c(=O)[nH]1. The lowest BCUT2D eigenvalue weighted by molar-refractivity contribution is 0.0600. The van der Waals surface area contributed by atoms with Crippen LogP contribution in [0.5, 0.6) is 0 Å². The molecule has 0 amide bonds. The van der Waals surface area contributed by atoms with E-state index < -0.39 is 0 Å². The molecule has 0 aliphatic carbocycles. The topological polar surface area (TPSA) is 72.0 Å². The van der Waals surface area contributed by atoms with Crippen molar-refractivity contribution < 1.29 is 9.53 Å². The largest absolute Gasteiger partial charge is 0.465 e. The molecule has 24 heavy (non-hydrogen) atoms. The number of esters is 1. The minimum absolute atomic E-state index is 0.0866. The van der Waals surface area contributed by atoms with Gasteiger partial charge in [0.15, 0.2) is 0 Å². The number of ether oxygens (including phenoxy) is 1. The standard InChI is InChI=1S/C19H24N2O3/c1-4-6-10-17-20-16(5-2)15(18(22)21-17)12-13-8-7-9-14(11-13)19(23)24-3/h7-9,11H,4-6,10,12H2,1-3H3,(H,20,21,22). The van der Waals surface area contributed by atoms with Crippen LogP contribution in [-0.2, 0) is 24.0 Å². The number of nitrogens with zero attached hydrogens (tertiary/aromatic N) is 1. The van der Waals surface area contributed by atoms with Crippen LogP contribution >= 0.6 is 0 Å². The number of aromatic nitrogens is 2. The molecule has 0 saturated carbocycles. The van der Waals surface area contributed by atoms with E-state index in [0.717, 1.165) is 36.3 Å². The van der Waals surface area contributed by atoms with Gasteiger partial charge in [0.25, 0.3) is 5.56 Å². The van der Waals surface area contributed by atoms with Crippen LogP contribution in [0.1, 0.15) is 59.7 Å². The van der Waals surface area contributed by atoms with E-state index in [2.05, 4.69) is 16.9 Å². The van der Waals surface area contributed by atoms with Crippen LogP contribution in [0.4, 0.5) is 0 Å². The van der Waals surface area contributed by atoms with Gasteiger partial charge in [-0.1, -0.05) is 32.4 Å². The molecule has 5 heteroatoms. The molecule has 0 aliphatic rings. The average molecular weight is 328 g/mol. The Morgan fingerprint density at radius 3 is 2.75 bits per heavy atom. The number of benzene rings is 1. The number of rotatable bonds is 7. The van der Waals surface area contributed by atoms with Crippen LogP contribution in [0.25, 0.3) is 0 Å². The van der Waals surface area contributed by atoms with Gasteiger partial charge in [-0.25, -0.2) is 9.78 Å². The molecule has 0 saturated heterocycles. The molecule has 0 unspecified atom stereocenters. The maximum atomic E-state index is 12.5. The summed E-state index contributed by atoms with van der Waals surface area (Å²) in [7, 11) is 1.36. The number of carbonyl (C=O) groups is 1. The summed E-state index contributed by atoms with van der Waals surface area (Å²) in [6, 6.07) is 7.16. The lowest BCUT2D eigenvalue weighted by Gasteiger charge is -2.10. The van der Waals surface area contributed by atoms with Crippen LogP contribution in [0, 0.1) is 0 Å². The van der Waals surface area contributed by atoms with Gasteiger partial charge in [0.2, 0.25) is 0 Å². The molecule has 1 aromatic heterocycles. The Morgan fingerprint density at radius 2 is 2.08 bits per heavy atom. The van der Waals surface area contributed by atoms with Crippen molar-refractivity contribution in [1.82, 2.24) is 9.97 Å². The van der Waals surface area contributed by atoms with E-state index in [1.165, 1.54) is 7.11 Å². The summed E-state index contributed by atoms with van der Waals surface area (Å²) in [6.07, 6.45) is 4.01. The van der Waals surface area contributed by atoms with Crippen LogP contribution < -0.4 is 5.56 Å². The van der Waals surface area contributed by atoms with Crippen molar-refractivity contribution in [2.45, 2.75) is 46.0 Å². The first-order valence-corrected chi connectivity index (χ1v) is 8.37. The van der Waals surface area contributed by atoms with Crippen molar-refractivity contribution in [2.75, 3.05) is 7.11 Å². The number of aryl methyl sites for hydroxylation is 2. The average Bonchev–Trinajstić information content (AvgIpc) is 2.61. The van der Waals surface area contributed by atoms with Crippen molar-refractivity contribution in [2.24, 2.45) is 0 Å². The zero-order chi connectivity index (χ0) is 17.5. The van der Waals surface area contributed by atoms with Crippen molar-refractivity contribution in [3.05, 3.63) is 62.8 Å². The maximum Gasteiger partial charge on any atom is 0.337 e. The summed E-state index contributed by atoms with van der Waals surface area (Å²) in [6.45, 7) is 4.11. The molecule has 1 N–H and O–H groups in total. The highest BCUT2D eigenvalue weighted by Crippen LogP contribution is 2.13. The Balaban J connectivity index is 2.32. The van der Waals surface area contributed by atoms with Crippen molar-refractivity contribution >= 4 is 5.97 Å². The smallest absolute Gasteiger partial charge is 0.337 e. The molecule has 5 nitrogen and oxygen atoms in total. The molecule has 1 heterocycles. The van der Waals surface area contributed by atoms with Gasteiger partial charge in [0.1, 0.15) is 5.82 Å². The molecule has 0 radical (unpaired) electrons. The highest BCUT2D eigenvalue weighted by Gasteiger charge is 2.12. The first kappa shape index (κ1) is 17.9. The molecular formula is C19H24N2O3. The molecule has 2 rings (SSSR count). The van der Waals surface area contributed by atoms with E-state index in [1.807, 2.05) is 13.0 Å². The van der Waals surface area contributed by atoms with Gasteiger partial charge in [-0.05, 0) is 30.5 Å². The number of nitrogens with one attached hydrogen (secondary N) is 1. The summed E-state index contributed by atoms with van der Waals surface area (Å²) in [4.78, 5) is 31.6. The first-order chi connectivity index (χ1) is 11.6. The third-order valence-corrected chi connectivity index (χ3v) is 3.98. The monoisotopic (exact) mass is 328 g/mol. The zero-order valence-corrected chi connectivity index (χ0v) is 14.5. The Bertz CT molecular complexity index is 765. The normalized spacial score (nSPS) is 10.6. The molecule has 2 aromatic rings. The predicted molar refractivity (Wildman–Crippen MR) is 93.4 cm³/mol. The number of aromatic amines is 1. The molecular weight excluding hydrogens is 304 g/mol. The van der Waals surface area contributed by atoms with Gasteiger partial charge in [-0.15, -0.1) is 0 Å². The number of unbranched alkanes of at least 4 members (excludes halogenated alkanes) is 1. The minimum atomic E-state index is -0.380. The predicted octanol–water partition coefficient (Wildman–Crippen LogP) is 3.05. The summed E-state index contributed by atoms with van der Waals surface area (Å²) in [5.74, 6) is 0.375. The molecule has 0 bridgehead atoms. The molecule has 0 aliphatic heterocycles. The second-order valence-corrected chi connectivity index (χ2v) is 5.76. The number of hydrogen-bond acceptors (Lipinski definition) is 4. The second-order valence-electron chi connectivity index (χ2n) is 5.76.